The Morgan fingerprint density at radius 1 is 1.20 bits per heavy atom. The first kappa shape index (κ1) is 13.5. The third-order valence-electron chi connectivity index (χ3n) is 3.58. The molecular formula is C15H12ClF2NO. The number of pyridine rings is 1. The molecule has 20 heavy (non-hydrogen) atoms. The van der Waals surface area contributed by atoms with Crippen molar-refractivity contribution < 1.29 is 13.5 Å². The smallest absolute Gasteiger partial charge is 0.132 e. The molecule has 1 aromatic heterocycles. The average molecular weight is 296 g/mol. The van der Waals surface area contributed by atoms with Crippen molar-refractivity contribution in [1.29, 1.82) is 0 Å². The van der Waals surface area contributed by atoms with Crippen LogP contribution in [0.2, 0.25) is 5.15 Å². The summed E-state index contributed by atoms with van der Waals surface area (Å²) in [4.78, 5) is 3.93. The first-order valence-electron chi connectivity index (χ1n) is 6.33. The summed E-state index contributed by atoms with van der Waals surface area (Å²) in [6, 6.07) is 6.96. The molecule has 1 aliphatic heterocycles. The van der Waals surface area contributed by atoms with Crippen LogP contribution in [0.15, 0.2) is 36.5 Å². The van der Waals surface area contributed by atoms with Gasteiger partial charge in [-0.15, -0.1) is 0 Å². The summed E-state index contributed by atoms with van der Waals surface area (Å²) in [6.45, 7) is 0.525. The SMILES string of the molecule is Fc1ccc(C2(c3ccnc(Cl)c3)CCCO2)c(F)c1. The van der Waals surface area contributed by atoms with E-state index < -0.39 is 17.2 Å². The summed E-state index contributed by atoms with van der Waals surface area (Å²) in [7, 11) is 0. The summed E-state index contributed by atoms with van der Waals surface area (Å²) in [5.41, 5.74) is 0.156. The van der Waals surface area contributed by atoms with Gasteiger partial charge in [0.2, 0.25) is 0 Å². The standard InChI is InChI=1S/C15H12ClF2NO/c16-14-8-10(4-6-19-14)15(5-1-7-20-15)12-3-2-11(17)9-13(12)18/h2-4,6,8-9H,1,5,7H2. The number of halogens is 3. The summed E-state index contributed by atoms with van der Waals surface area (Å²) >= 11 is 5.92. The molecule has 2 aromatic rings. The van der Waals surface area contributed by atoms with E-state index in [2.05, 4.69) is 4.98 Å². The van der Waals surface area contributed by atoms with Gasteiger partial charge in [-0.2, -0.15) is 0 Å². The highest BCUT2D eigenvalue weighted by Gasteiger charge is 2.41. The van der Waals surface area contributed by atoms with Crippen LogP contribution in [0.4, 0.5) is 8.78 Å². The van der Waals surface area contributed by atoms with E-state index in [0.29, 0.717) is 23.7 Å². The molecule has 1 saturated heterocycles. The van der Waals surface area contributed by atoms with E-state index in [1.165, 1.54) is 12.1 Å². The Hall–Kier alpha value is -1.52. The van der Waals surface area contributed by atoms with E-state index in [1.807, 2.05) is 0 Å². The Bertz CT molecular complexity index is 642. The Labute approximate surface area is 120 Å². The van der Waals surface area contributed by atoms with Crippen molar-refractivity contribution in [3.8, 4) is 0 Å². The zero-order chi connectivity index (χ0) is 14.2. The molecule has 0 spiro atoms. The van der Waals surface area contributed by atoms with Gasteiger partial charge in [0.25, 0.3) is 0 Å². The van der Waals surface area contributed by atoms with Crippen LogP contribution in [-0.2, 0) is 10.3 Å². The minimum Gasteiger partial charge on any atom is -0.365 e. The van der Waals surface area contributed by atoms with Gasteiger partial charge in [-0.1, -0.05) is 11.6 Å². The molecule has 0 N–H and O–H groups in total. The van der Waals surface area contributed by atoms with Crippen LogP contribution in [0, 0.1) is 11.6 Å². The normalized spacial score (nSPS) is 22.1. The minimum absolute atomic E-state index is 0.319. The van der Waals surface area contributed by atoms with Crippen molar-refractivity contribution in [2.45, 2.75) is 18.4 Å². The fourth-order valence-electron chi connectivity index (χ4n) is 2.71. The predicted octanol–water partition coefficient (Wildman–Crippen LogP) is 4.07. The maximum absolute atomic E-state index is 14.2. The third kappa shape index (κ3) is 2.19. The molecule has 1 aliphatic rings. The first-order chi connectivity index (χ1) is 9.62. The molecule has 0 aliphatic carbocycles. The molecule has 0 saturated carbocycles. The zero-order valence-corrected chi connectivity index (χ0v) is 11.3. The molecule has 2 nitrogen and oxygen atoms in total. The Morgan fingerprint density at radius 2 is 2.05 bits per heavy atom. The van der Waals surface area contributed by atoms with Gasteiger partial charge >= 0.3 is 0 Å². The first-order valence-corrected chi connectivity index (χ1v) is 6.71. The molecule has 1 fully saturated rings. The Kier molecular flexibility index (Phi) is 3.44. The number of hydrogen-bond acceptors (Lipinski definition) is 2. The second-order valence-corrected chi connectivity index (χ2v) is 5.16. The van der Waals surface area contributed by atoms with E-state index in [-0.39, 0.29) is 0 Å². The molecule has 3 rings (SSSR count). The molecule has 0 radical (unpaired) electrons. The van der Waals surface area contributed by atoms with Crippen LogP contribution >= 0.6 is 11.6 Å². The summed E-state index contributed by atoms with van der Waals surface area (Å²) in [5.74, 6) is -1.22. The lowest BCUT2D eigenvalue weighted by molar-refractivity contribution is 0.0329. The highest BCUT2D eigenvalue weighted by atomic mass is 35.5. The van der Waals surface area contributed by atoms with Gasteiger partial charge in [-0.3, -0.25) is 0 Å². The molecule has 1 atom stereocenters. The van der Waals surface area contributed by atoms with Crippen molar-refractivity contribution in [3.63, 3.8) is 0 Å². The van der Waals surface area contributed by atoms with Crippen LogP contribution in [0.1, 0.15) is 24.0 Å². The maximum atomic E-state index is 14.2. The largest absolute Gasteiger partial charge is 0.365 e. The number of rotatable bonds is 2. The van der Waals surface area contributed by atoms with Crippen molar-refractivity contribution >= 4 is 11.6 Å². The van der Waals surface area contributed by atoms with Gasteiger partial charge in [0.05, 0.1) is 0 Å². The molecular weight excluding hydrogens is 284 g/mol. The second-order valence-electron chi connectivity index (χ2n) is 4.77. The number of ether oxygens (including phenoxy) is 1. The van der Waals surface area contributed by atoms with Gasteiger partial charge in [-0.25, -0.2) is 13.8 Å². The van der Waals surface area contributed by atoms with Crippen LogP contribution in [0.5, 0.6) is 0 Å². The number of aromatic nitrogens is 1. The van der Waals surface area contributed by atoms with E-state index >= 15 is 0 Å². The molecule has 1 aromatic carbocycles. The molecule has 104 valence electrons. The highest BCUT2D eigenvalue weighted by molar-refractivity contribution is 6.29. The van der Waals surface area contributed by atoms with Crippen molar-refractivity contribution in [1.82, 2.24) is 4.98 Å². The summed E-state index contributed by atoms with van der Waals surface area (Å²) in [5, 5.41) is 0.319. The van der Waals surface area contributed by atoms with Gasteiger partial charge < -0.3 is 4.74 Å². The quantitative estimate of drug-likeness (QED) is 0.779. The van der Waals surface area contributed by atoms with Gasteiger partial charge in [0.15, 0.2) is 0 Å². The highest BCUT2D eigenvalue weighted by Crippen LogP contribution is 2.43. The van der Waals surface area contributed by atoms with Gasteiger partial charge in [0, 0.05) is 24.4 Å². The van der Waals surface area contributed by atoms with Crippen LogP contribution in [0.3, 0.4) is 0 Å². The van der Waals surface area contributed by atoms with Crippen LogP contribution < -0.4 is 0 Å². The summed E-state index contributed by atoms with van der Waals surface area (Å²) in [6.07, 6.45) is 2.98. The predicted molar refractivity (Wildman–Crippen MR) is 71.6 cm³/mol. The topological polar surface area (TPSA) is 22.1 Å². The van der Waals surface area contributed by atoms with E-state index in [9.17, 15) is 8.78 Å². The molecule has 5 heteroatoms. The number of hydrogen-bond donors (Lipinski definition) is 0. The lowest BCUT2D eigenvalue weighted by Gasteiger charge is -2.30. The van der Waals surface area contributed by atoms with Gasteiger partial charge in [-0.05, 0) is 42.7 Å². The van der Waals surface area contributed by atoms with Crippen molar-refractivity contribution in [3.05, 3.63) is 64.4 Å². The van der Waals surface area contributed by atoms with E-state index in [4.69, 9.17) is 16.3 Å². The van der Waals surface area contributed by atoms with E-state index in [0.717, 1.165) is 18.1 Å². The molecule has 2 heterocycles. The third-order valence-corrected chi connectivity index (χ3v) is 3.79. The van der Waals surface area contributed by atoms with Crippen LogP contribution in [-0.4, -0.2) is 11.6 Å². The fourth-order valence-corrected chi connectivity index (χ4v) is 2.88. The van der Waals surface area contributed by atoms with E-state index in [1.54, 1.807) is 18.3 Å². The average Bonchev–Trinajstić information content (AvgIpc) is 2.89. The monoisotopic (exact) mass is 295 g/mol. The Morgan fingerprint density at radius 3 is 2.70 bits per heavy atom. The van der Waals surface area contributed by atoms with Crippen molar-refractivity contribution in [2.75, 3.05) is 6.61 Å². The molecule has 0 amide bonds. The zero-order valence-electron chi connectivity index (χ0n) is 10.6. The Balaban J connectivity index is 2.17. The maximum Gasteiger partial charge on any atom is 0.132 e. The number of benzene rings is 1. The molecule has 0 bridgehead atoms. The van der Waals surface area contributed by atoms with Gasteiger partial charge in [0.1, 0.15) is 22.4 Å². The lowest BCUT2D eigenvalue weighted by atomic mass is 9.84. The van der Waals surface area contributed by atoms with Crippen molar-refractivity contribution in [2.24, 2.45) is 0 Å². The number of nitrogens with zero attached hydrogens (tertiary/aromatic N) is 1. The second kappa shape index (κ2) is 5.11. The lowest BCUT2D eigenvalue weighted by Crippen LogP contribution is -2.28. The molecule has 1 unspecified atom stereocenters. The summed E-state index contributed by atoms with van der Waals surface area (Å²) < 4.78 is 33.1. The minimum atomic E-state index is -0.912. The van der Waals surface area contributed by atoms with Crippen LogP contribution in [0.25, 0.3) is 0 Å². The fraction of sp³-hybridized carbons (Fsp3) is 0.267.